The first-order valence-corrected chi connectivity index (χ1v) is 8.32. The number of aromatic nitrogens is 2. The number of aliphatic imine (C=N–C) groups is 1. The van der Waals surface area contributed by atoms with Crippen LogP contribution in [0.1, 0.15) is 18.1 Å². The van der Waals surface area contributed by atoms with Crippen LogP contribution in [0.15, 0.2) is 35.6 Å². The molecule has 1 aromatic heterocycles. The topological polar surface area (TPSA) is 63.5 Å². The largest absolute Gasteiger partial charge is 0.497 e. The fraction of sp³-hybridized carbons (Fsp3) is 0.412. The zero-order valence-corrected chi connectivity index (χ0v) is 17.8. The number of hydrogen-bond acceptors (Lipinski definition) is 3. The van der Waals surface area contributed by atoms with Crippen LogP contribution in [0.25, 0.3) is 0 Å². The van der Waals surface area contributed by atoms with E-state index < -0.39 is 0 Å². The SMILES string of the molecule is CCNC(=NCc1cnn(C)c1)NCCc1ccc(OC)cc1Cl.I. The molecule has 0 saturated carbocycles. The molecule has 0 unspecified atom stereocenters. The summed E-state index contributed by atoms with van der Waals surface area (Å²) in [7, 11) is 3.53. The van der Waals surface area contributed by atoms with Gasteiger partial charge < -0.3 is 15.4 Å². The molecule has 0 bridgehead atoms. The van der Waals surface area contributed by atoms with Gasteiger partial charge in [-0.25, -0.2) is 4.99 Å². The van der Waals surface area contributed by atoms with Gasteiger partial charge in [0.2, 0.25) is 0 Å². The van der Waals surface area contributed by atoms with E-state index in [1.54, 1.807) is 11.8 Å². The highest BCUT2D eigenvalue weighted by Crippen LogP contribution is 2.22. The molecule has 0 spiro atoms. The minimum atomic E-state index is 0. The molecular formula is C17H25ClIN5O. The zero-order chi connectivity index (χ0) is 17.4. The maximum Gasteiger partial charge on any atom is 0.191 e. The van der Waals surface area contributed by atoms with E-state index in [9.17, 15) is 0 Å². The molecular weight excluding hydrogens is 453 g/mol. The first kappa shape index (κ1) is 21.6. The van der Waals surface area contributed by atoms with Crippen molar-refractivity contribution >= 4 is 41.5 Å². The molecule has 0 radical (unpaired) electrons. The zero-order valence-electron chi connectivity index (χ0n) is 14.8. The number of nitrogens with one attached hydrogen (secondary N) is 2. The number of guanidine groups is 1. The average molecular weight is 478 g/mol. The summed E-state index contributed by atoms with van der Waals surface area (Å²) in [5, 5.41) is 11.4. The molecule has 8 heteroatoms. The van der Waals surface area contributed by atoms with E-state index in [2.05, 4.69) is 20.7 Å². The molecule has 6 nitrogen and oxygen atoms in total. The molecule has 0 aliphatic carbocycles. The lowest BCUT2D eigenvalue weighted by Gasteiger charge is -2.12. The maximum atomic E-state index is 6.27. The summed E-state index contributed by atoms with van der Waals surface area (Å²) >= 11 is 6.27. The van der Waals surface area contributed by atoms with Crippen LogP contribution in [0.2, 0.25) is 5.02 Å². The van der Waals surface area contributed by atoms with Crippen molar-refractivity contribution in [3.8, 4) is 5.75 Å². The van der Waals surface area contributed by atoms with E-state index >= 15 is 0 Å². The van der Waals surface area contributed by atoms with Crippen molar-refractivity contribution in [1.82, 2.24) is 20.4 Å². The summed E-state index contributed by atoms with van der Waals surface area (Å²) in [6.45, 7) is 4.18. The minimum Gasteiger partial charge on any atom is -0.497 e. The number of benzene rings is 1. The molecule has 25 heavy (non-hydrogen) atoms. The van der Waals surface area contributed by atoms with Crippen molar-refractivity contribution < 1.29 is 4.74 Å². The second-order valence-electron chi connectivity index (χ2n) is 5.35. The van der Waals surface area contributed by atoms with E-state index in [0.29, 0.717) is 11.6 Å². The summed E-state index contributed by atoms with van der Waals surface area (Å²) in [5.74, 6) is 1.55. The third kappa shape index (κ3) is 7.11. The van der Waals surface area contributed by atoms with Gasteiger partial charge in [0, 0.05) is 36.9 Å². The first-order chi connectivity index (χ1) is 11.6. The quantitative estimate of drug-likeness (QED) is 0.366. The van der Waals surface area contributed by atoms with E-state index in [4.69, 9.17) is 16.3 Å². The minimum absolute atomic E-state index is 0. The van der Waals surface area contributed by atoms with Gasteiger partial charge in [0.1, 0.15) is 5.75 Å². The third-order valence-electron chi connectivity index (χ3n) is 3.47. The molecule has 138 valence electrons. The van der Waals surface area contributed by atoms with Crippen LogP contribution in [-0.2, 0) is 20.0 Å². The molecule has 2 rings (SSSR count). The van der Waals surface area contributed by atoms with Crippen LogP contribution in [0.5, 0.6) is 5.75 Å². The van der Waals surface area contributed by atoms with Gasteiger partial charge in [-0.1, -0.05) is 17.7 Å². The summed E-state index contributed by atoms with van der Waals surface area (Å²) in [6.07, 6.45) is 4.59. The standard InChI is InChI=1S/C17H24ClN5O.HI/c1-4-19-17(21-10-13-11-22-23(2)12-13)20-8-7-14-5-6-15(24-3)9-16(14)18;/h5-6,9,11-12H,4,7-8,10H2,1-3H3,(H2,19,20,21);1H. The molecule has 2 N–H and O–H groups in total. The Morgan fingerprint density at radius 2 is 2.16 bits per heavy atom. The fourth-order valence-corrected chi connectivity index (χ4v) is 2.50. The molecule has 0 saturated heterocycles. The Kier molecular flexibility index (Phi) is 9.66. The van der Waals surface area contributed by atoms with Gasteiger partial charge >= 0.3 is 0 Å². The Labute approximate surface area is 171 Å². The van der Waals surface area contributed by atoms with Gasteiger partial charge in [-0.05, 0) is 31.0 Å². The van der Waals surface area contributed by atoms with Crippen molar-refractivity contribution in [3.05, 3.63) is 46.7 Å². The molecule has 0 aliphatic heterocycles. The average Bonchev–Trinajstić information content (AvgIpc) is 2.99. The third-order valence-corrected chi connectivity index (χ3v) is 3.82. The van der Waals surface area contributed by atoms with E-state index in [1.807, 2.05) is 44.6 Å². The molecule has 1 aromatic carbocycles. The number of nitrogens with zero attached hydrogens (tertiary/aromatic N) is 3. The van der Waals surface area contributed by atoms with Crippen LogP contribution in [-0.4, -0.2) is 35.9 Å². The summed E-state index contributed by atoms with van der Waals surface area (Å²) < 4.78 is 6.94. The Morgan fingerprint density at radius 3 is 2.76 bits per heavy atom. The summed E-state index contributed by atoms with van der Waals surface area (Å²) in [5.41, 5.74) is 2.15. The monoisotopic (exact) mass is 477 g/mol. The van der Waals surface area contributed by atoms with Gasteiger partial charge in [0.15, 0.2) is 5.96 Å². The molecule has 0 fully saturated rings. The summed E-state index contributed by atoms with van der Waals surface area (Å²) in [6, 6.07) is 5.74. The van der Waals surface area contributed by atoms with Gasteiger partial charge in [-0.15, -0.1) is 24.0 Å². The number of methoxy groups -OCH3 is 1. The van der Waals surface area contributed by atoms with Gasteiger partial charge in [-0.3, -0.25) is 4.68 Å². The highest BCUT2D eigenvalue weighted by molar-refractivity contribution is 14.0. The van der Waals surface area contributed by atoms with Gasteiger partial charge in [0.05, 0.1) is 19.9 Å². The Bertz CT molecular complexity index is 689. The number of halogens is 2. The van der Waals surface area contributed by atoms with Crippen LogP contribution in [0.3, 0.4) is 0 Å². The Morgan fingerprint density at radius 1 is 1.36 bits per heavy atom. The lowest BCUT2D eigenvalue weighted by atomic mass is 10.1. The highest BCUT2D eigenvalue weighted by Gasteiger charge is 2.04. The Hall–Kier alpha value is -1.48. The van der Waals surface area contributed by atoms with E-state index in [0.717, 1.165) is 42.3 Å². The van der Waals surface area contributed by atoms with Gasteiger partial charge in [0.25, 0.3) is 0 Å². The van der Waals surface area contributed by atoms with Gasteiger partial charge in [-0.2, -0.15) is 5.10 Å². The highest BCUT2D eigenvalue weighted by atomic mass is 127. The Balaban J connectivity index is 0.00000312. The normalized spacial score (nSPS) is 11.0. The van der Waals surface area contributed by atoms with Crippen molar-refractivity contribution in [2.45, 2.75) is 19.9 Å². The smallest absolute Gasteiger partial charge is 0.191 e. The van der Waals surface area contributed by atoms with Crippen LogP contribution in [0.4, 0.5) is 0 Å². The van der Waals surface area contributed by atoms with Crippen LogP contribution >= 0.6 is 35.6 Å². The van der Waals surface area contributed by atoms with Crippen LogP contribution in [0, 0.1) is 0 Å². The number of ether oxygens (including phenoxy) is 1. The van der Waals surface area contributed by atoms with E-state index in [1.165, 1.54) is 0 Å². The maximum absolute atomic E-state index is 6.27. The summed E-state index contributed by atoms with van der Waals surface area (Å²) in [4.78, 5) is 4.57. The van der Waals surface area contributed by atoms with Crippen molar-refractivity contribution in [2.75, 3.05) is 20.2 Å². The molecule has 0 amide bonds. The predicted molar refractivity (Wildman–Crippen MR) is 113 cm³/mol. The lowest BCUT2D eigenvalue weighted by Crippen LogP contribution is -2.38. The van der Waals surface area contributed by atoms with E-state index in [-0.39, 0.29) is 24.0 Å². The molecule has 2 aromatic rings. The molecule has 0 atom stereocenters. The van der Waals surface area contributed by atoms with Crippen LogP contribution < -0.4 is 15.4 Å². The lowest BCUT2D eigenvalue weighted by molar-refractivity contribution is 0.414. The van der Waals surface area contributed by atoms with Crippen molar-refractivity contribution in [1.29, 1.82) is 0 Å². The number of rotatable bonds is 7. The second-order valence-corrected chi connectivity index (χ2v) is 5.76. The number of aryl methyl sites for hydroxylation is 1. The number of hydrogen-bond donors (Lipinski definition) is 2. The predicted octanol–water partition coefficient (Wildman–Crippen LogP) is 3.00. The van der Waals surface area contributed by atoms with Crippen molar-refractivity contribution in [3.63, 3.8) is 0 Å². The fourth-order valence-electron chi connectivity index (χ4n) is 2.24. The molecule has 0 aliphatic rings. The molecule has 1 heterocycles. The van der Waals surface area contributed by atoms with Crippen molar-refractivity contribution in [2.24, 2.45) is 12.0 Å². The second kappa shape index (κ2) is 11.2. The first-order valence-electron chi connectivity index (χ1n) is 7.94.